The van der Waals surface area contributed by atoms with E-state index in [1.54, 1.807) is 0 Å². The van der Waals surface area contributed by atoms with Crippen LogP contribution in [-0.4, -0.2) is 29.8 Å². The van der Waals surface area contributed by atoms with E-state index in [4.69, 9.17) is 9.26 Å². The standard InChI is InChI=1S/C11H19N3O2/c1-2-11-13-10(14-16-11)8-15-7-9-4-3-5-12-6-9/h9,12H,2-8H2,1H3. The van der Waals surface area contributed by atoms with Crippen LogP contribution in [0.3, 0.4) is 0 Å². The van der Waals surface area contributed by atoms with E-state index in [0.29, 0.717) is 24.2 Å². The van der Waals surface area contributed by atoms with Crippen LogP contribution in [0.15, 0.2) is 4.52 Å². The van der Waals surface area contributed by atoms with Gasteiger partial charge in [-0.3, -0.25) is 0 Å². The lowest BCUT2D eigenvalue weighted by Crippen LogP contribution is -2.32. The molecule has 2 rings (SSSR count). The molecule has 0 saturated carbocycles. The zero-order valence-electron chi connectivity index (χ0n) is 9.74. The van der Waals surface area contributed by atoms with Gasteiger partial charge in [0.2, 0.25) is 5.89 Å². The molecule has 1 N–H and O–H groups in total. The van der Waals surface area contributed by atoms with E-state index in [1.165, 1.54) is 12.8 Å². The zero-order chi connectivity index (χ0) is 11.2. The molecule has 5 nitrogen and oxygen atoms in total. The highest BCUT2D eigenvalue weighted by atomic mass is 16.5. The molecular weight excluding hydrogens is 206 g/mol. The SMILES string of the molecule is CCc1nc(COCC2CCCNC2)no1. The van der Waals surface area contributed by atoms with Crippen LogP contribution < -0.4 is 5.32 Å². The van der Waals surface area contributed by atoms with Crippen molar-refractivity contribution in [3.05, 3.63) is 11.7 Å². The average Bonchev–Trinajstić information content (AvgIpc) is 2.78. The van der Waals surface area contributed by atoms with Gasteiger partial charge >= 0.3 is 0 Å². The van der Waals surface area contributed by atoms with Crippen molar-refractivity contribution < 1.29 is 9.26 Å². The van der Waals surface area contributed by atoms with Crippen LogP contribution in [0.5, 0.6) is 0 Å². The predicted molar refractivity (Wildman–Crippen MR) is 58.9 cm³/mol. The van der Waals surface area contributed by atoms with Gasteiger partial charge < -0.3 is 14.6 Å². The molecule has 1 fully saturated rings. The number of rotatable bonds is 5. The molecule has 1 aromatic rings. The summed E-state index contributed by atoms with van der Waals surface area (Å²) in [6.07, 6.45) is 3.27. The fourth-order valence-corrected chi connectivity index (χ4v) is 1.88. The van der Waals surface area contributed by atoms with Crippen LogP contribution in [0.1, 0.15) is 31.5 Å². The summed E-state index contributed by atoms with van der Waals surface area (Å²) in [6, 6.07) is 0. The van der Waals surface area contributed by atoms with Crippen molar-refractivity contribution in [2.24, 2.45) is 5.92 Å². The van der Waals surface area contributed by atoms with Crippen molar-refractivity contribution in [3.8, 4) is 0 Å². The topological polar surface area (TPSA) is 60.2 Å². The van der Waals surface area contributed by atoms with Gasteiger partial charge in [-0.1, -0.05) is 12.1 Å². The Hall–Kier alpha value is -0.940. The van der Waals surface area contributed by atoms with Crippen molar-refractivity contribution in [1.82, 2.24) is 15.5 Å². The maximum atomic E-state index is 5.59. The third kappa shape index (κ3) is 3.28. The molecule has 16 heavy (non-hydrogen) atoms. The van der Waals surface area contributed by atoms with Gasteiger partial charge in [-0.15, -0.1) is 0 Å². The van der Waals surface area contributed by atoms with E-state index in [0.717, 1.165) is 26.1 Å². The molecule has 90 valence electrons. The van der Waals surface area contributed by atoms with Gasteiger partial charge in [0.05, 0.1) is 6.61 Å². The first kappa shape index (κ1) is 11.5. The number of hydrogen-bond acceptors (Lipinski definition) is 5. The van der Waals surface area contributed by atoms with Gasteiger partial charge in [-0.25, -0.2) is 0 Å². The van der Waals surface area contributed by atoms with Crippen LogP contribution >= 0.6 is 0 Å². The van der Waals surface area contributed by atoms with Crippen LogP contribution in [0.4, 0.5) is 0 Å². The average molecular weight is 225 g/mol. The third-order valence-corrected chi connectivity index (χ3v) is 2.80. The van der Waals surface area contributed by atoms with E-state index in [9.17, 15) is 0 Å². The number of piperidine rings is 1. The summed E-state index contributed by atoms with van der Waals surface area (Å²) >= 11 is 0. The Morgan fingerprint density at radius 3 is 3.19 bits per heavy atom. The zero-order valence-corrected chi connectivity index (χ0v) is 9.74. The molecular formula is C11H19N3O2. The maximum Gasteiger partial charge on any atom is 0.226 e. The Labute approximate surface area is 95.6 Å². The molecule has 1 aromatic heterocycles. The van der Waals surface area contributed by atoms with Crippen molar-refractivity contribution in [2.75, 3.05) is 19.7 Å². The highest BCUT2D eigenvalue weighted by Gasteiger charge is 2.13. The highest BCUT2D eigenvalue weighted by molar-refractivity contribution is 4.83. The number of nitrogens with one attached hydrogen (secondary N) is 1. The summed E-state index contributed by atoms with van der Waals surface area (Å²) in [4.78, 5) is 4.19. The third-order valence-electron chi connectivity index (χ3n) is 2.80. The molecule has 1 unspecified atom stereocenters. The van der Waals surface area contributed by atoms with E-state index in [2.05, 4.69) is 15.5 Å². The van der Waals surface area contributed by atoms with Crippen molar-refractivity contribution in [3.63, 3.8) is 0 Å². The van der Waals surface area contributed by atoms with Crippen molar-refractivity contribution in [1.29, 1.82) is 0 Å². The fraction of sp³-hybridized carbons (Fsp3) is 0.818. The van der Waals surface area contributed by atoms with Crippen LogP contribution in [0, 0.1) is 5.92 Å². The first-order valence-electron chi connectivity index (χ1n) is 5.98. The van der Waals surface area contributed by atoms with Crippen molar-refractivity contribution >= 4 is 0 Å². The Morgan fingerprint density at radius 1 is 1.56 bits per heavy atom. The minimum Gasteiger partial charge on any atom is -0.373 e. The molecule has 1 aliphatic heterocycles. The summed E-state index contributed by atoms with van der Waals surface area (Å²) < 4.78 is 10.6. The van der Waals surface area contributed by atoms with Crippen molar-refractivity contribution in [2.45, 2.75) is 32.8 Å². The minimum absolute atomic E-state index is 0.458. The number of aromatic nitrogens is 2. The maximum absolute atomic E-state index is 5.59. The molecule has 1 aliphatic rings. The molecule has 0 bridgehead atoms. The summed E-state index contributed by atoms with van der Waals surface area (Å²) in [7, 11) is 0. The summed E-state index contributed by atoms with van der Waals surface area (Å²) in [5, 5.41) is 7.21. The Morgan fingerprint density at radius 2 is 2.50 bits per heavy atom. The molecule has 0 radical (unpaired) electrons. The lowest BCUT2D eigenvalue weighted by atomic mass is 10.0. The Balaban J connectivity index is 1.66. The summed E-state index contributed by atoms with van der Waals surface area (Å²) in [5.41, 5.74) is 0. The van der Waals surface area contributed by atoms with Gasteiger partial charge in [0.15, 0.2) is 5.82 Å². The largest absolute Gasteiger partial charge is 0.373 e. The lowest BCUT2D eigenvalue weighted by Gasteiger charge is -2.22. The molecule has 2 heterocycles. The van der Waals surface area contributed by atoms with Gasteiger partial charge in [-0.2, -0.15) is 4.98 Å². The van der Waals surface area contributed by atoms with Gasteiger partial charge in [0.1, 0.15) is 6.61 Å². The second kappa shape index (κ2) is 5.96. The molecule has 1 atom stereocenters. The molecule has 0 spiro atoms. The Bertz CT molecular complexity index is 308. The van der Waals surface area contributed by atoms with E-state index >= 15 is 0 Å². The first-order valence-corrected chi connectivity index (χ1v) is 5.98. The van der Waals surface area contributed by atoms with E-state index in [-0.39, 0.29) is 0 Å². The van der Waals surface area contributed by atoms with E-state index < -0.39 is 0 Å². The number of aryl methyl sites for hydroxylation is 1. The minimum atomic E-state index is 0.458. The molecule has 0 aliphatic carbocycles. The molecule has 0 aromatic carbocycles. The Kier molecular flexibility index (Phi) is 4.30. The van der Waals surface area contributed by atoms with Gasteiger partial charge in [0.25, 0.3) is 0 Å². The second-order valence-corrected chi connectivity index (χ2v) is 4.19. The van der Waals surface area contributed by atoms with E-state index in [1.807, 2.05) is 6.92 Å². The second-order valence-electron chi connectivity index (χ2n) is 4.19. The number of hydrogen-bond donors (Lipinski definition) is 1. The lowest BCUT2D eigenvalue weighted by molar-refractivity contribution is 0.0730. The highest BCUT2D eigenvalue weighted by Crippen LogP contribution is 2.10. The number of nitrogens with zero attached hydrogens (tertiary/aromatic N) is 2. The monoisotopic (exact) mass is 225 g/mol. The van der Waals surface area contributed by atoms with Crippen LogP contribution in [-0.2, 0) is 17.8 Å². The predicted octanol–water partition coefficient (Wildman–Crippen LogP) is 1.15. The molecule has 1 saturated heterocycles. The smallest absolute Gasteiger partial charge is 0.226 e. The summed E-state index contributed by atoms with van der Waals surface area (Å²) in [6.45, 7) is 5.43. The van der Waals surface area contributed by atoms with Crippen LogP contribution in [0.25, 0.3) is 0 Å². The molecule has 5 heteroatoms. The van der Waals surface area contributed by atoms with Gasteiger partial charge in [0, 0.05) is 13.0 Å². The fourth-order valence-electron chi connectivity index (χ4n) is 1.88. The normalized spacial score (nSPS) is 21.2. The molecule has 0 amide bonds. The summed E-state index contributed by atoms with van der Waals surface area (Å²) in [5.74, 6) is 1.96. The first-order chi connectivity index (χ1) is 7.88. The van der Waals surface area contributed by atoms with Crippen LogP contribution in [0.2, 0.25) is 0 Å². The van der Waals surface area contributed by atoms with Gasteiger partial charge in [-0.05, 0) is 25.3 Å². The number of ether oxygens (including phenoxy) is 1. The quantitative estimate of drug-likeness (QED) is 0.814.